The van der Waals surface area contributed by atoms with Crippen LogP contribution in [0.15, 0.2) is 0 Å². The predicted molar refractivity (Wildman–Crippen MR) is 57.4 cm³/mol. The standard InChI is InChI=1S/C9H17NO3S/c1-6(14-4)7(11)10-5-9(2,3)8(12)13/h6H,5H2,1-4H3,(H,10,11)(H,12,13). The van der Waals surface area contributed by atoms with Gasteiger partial charge >= 0.3 is 5.97 Å². The Morgan fingerprint density at radius 3 is 2.36 bits per heavy atom. The van der Waals surface area contributed by atoms with Gasteiger partial charge in [-0.1, -0.05) is 0 Å². The van der Waals surface area contributed by atoms with Crippen molar-refractivity contribution in [3.8, 4) is 0 Å². The van der Waals surface area contributed by atoms with Gasteiger partial charge in [-0.15, -0.1) is 0 Å². The second-order valence-corrected chi connectivity index (χ2v) is 4.96. The number of carboxylic acids is 1. The van der Waals surface area contributed by atoms with E-state index in [0.29, 0.717) is 0 Å². The van der Waals surface area contributed by atoms with E-state index in [1.807, 2.05) is 6.26 Å². The highest BCUT2D eigenvalue weighted by Crippen LogP contribution is 2.13. The Labute approximate surface area is 88.4 Å². The van der Waals surface area contributed by atoms with Gasteiger partial charge in [0.2, 0.25) is 5.91 Å². The van der Waals surface area contributed by atoms with Crippen molar-refractivity contribution in [2.45, 2.75) is 26.0 Å². The number of carboxylic acid groups (broad SMARTS) is 1. The lowest BCUT2D eigenvalue weighted by Gasteiger charge is -2.20. The van der Waals surface area contributed by atoms with Crippen molar-refractivity contribution in [3.05, 3.63) is 0 Å². The van der Waals surface area contributed by atoms with Gasteiger partial charge in [-0.25, -0.2) is 0 Å². The summed E-state index contributed by atoms with van der Waals surface area (Å²) in [5.41, 5.74) is -0.909. The molecule has 14 heavy (non-hydrogen) atoms. The van der Waals surface area contributed by atoms with Crippen LogP contribution in [0.5, 0.6) is 0 Å². The maximum absolute atomic E-state index is 11.3. The molecule has 82 valence electrons. The number of amides is 1. The zero-order valence-electron chi connectivity index (χ0n) is 8.96. The highest BCUT2D eigenvalue weighted by molar-refractivity contribution is 7.99. The Morgan fingerprint density at radius 1 is 1.50 bits per heavy atom. The third-order valence-electron chi connectivity index (χ3n) is 2.01. The van der Waals surface area contributed by atoms with E-state index in [2.05, 4.69) is 5.32 Å². The van der Waals surface area contributed by atoms with Crippen LogP contribution in [0.4, 0.5) is 0 Å². The average molecular weight is 219 g/mol. The predicted octanol–water partition coefficient (Wildman–Crippen LogP) is 0.965. The minimum Gasteiger partial charge on any atom is -0.481 e. The number of hydrogen-bond donors (Lipinski definition) is 2. The topological polar surface area (TPSA) is 66.4 Å². The fourth-order valence-electron chi connectivity index (χ4n) is 0.634. The zero-order valence-corrected chi connectivity index (χ0v) is 9.77. The molecule has 5 heteroatoms. The first-order chi connectivity index (χ1) is 6.31. The van der Waals surface area contributed by atoms with Crippen molar-refractivity contribution in [1.29, 1.82) is 0 Å². The third-order valence-corrected chi connectivity index (χ3v) is 2.93. The molecule has 4 nitrogen and oxygen atoms in total. The summed E-state index contributed by atoms with van der Waals surface area (Å²) in [5.74, 6) is -1.03. The Bertz CT molecular complexity index is 228. The molecule has 0 heterocycles. The number of thioether (sulfide) groups is 1. The first kappa shape index (κ1) is 13.3. The molecule has 0 aliphatic rings. The lowest BCUT2D eigenvalue weighted by Crippen LogP contribution is -2.41. The molecule has 0 aliphatic carbocycles. The van der Waals surface area contributed by atoms with Crippen LogP contribution in [-0.2, 0) is 9.59 Å². The molecule has 1 atom stereocenters. The van der Waals surface area contributed by atoms with Crippen molar-refractivity contribution in [2.24, 2.45) is 5.41 Å². The number of nitrogens with one attached hydrogen (secondary N) is 1. The molecule has 0 aromatic rings. The zero-order chi connectivity index (χ0) is 11.4. The Balaban J connectivity index is 4.06. The SMILES string of the molecule is CSC(C)C(=O)NCC(C)(C)C(=O)O. The summed E-state index contributed by atoms with van der Waals surface area (Å²) in [6.07, 6.45) is 1.84. The largest absolute Gasteiger partial charge is 0.481 e. The van der Waals surface area contributed by atoms with Crippen molar-refractivity contribution in [2.75, 3.05) is 12.8 Å². The quantitative estimate of drug-likeness (QED) is 0.723. The number of hydrogen-bond acceptors (Lipinski definition) is 3. The van der Waals surface area contributed by atoms with Gasteiger partial charge in [-0.2, -0.15) is 11.8 Å². The fourth-order valence-corrected chi connectivity index (χ4v) is 0.932. The van der Waals surface area contributed by atoms with Crippen LogP contribution in [0.2, 0.25) is 0 Å². The molecule has 0 aliphatic heterocycles. The van der Waals surface area contributed by atoms with E-state index >= 15 is 0 Å². The van der Waals surface area contributed by atoms with Crippen molar-refractivity contribution in [1.82, 2.24) is 5.32 Å². The minimum absolute atomic E-state index is 0.119. The molecule has 0 aromatic carbocycles. The molecule has 0 radical (unpaired) electrons. The smallest absolute Gasteiger partial charge is 0.310 e. The van der Waals surface area contributed by atoms with Gasteiger partial charge in [0, 0.05) is 6.54 Å². The van der Waals surface area contributed by atoms with Crippen molar-refractivity contribution >= 4 is 23.6 Å². The Kier molecular flexibility index (Phi) is 4.97. The molecule has 0 fully saturated rings. The summed E-state index contributed by atoms with van der Waals surface area (Å²) in [4.78, 5) is 22.0. The van der Waals surface area contributed by atoms with Crippen molar-refractivity contribution in [3.63, 3.8) is 0 Å². The Morgan fingerprint density at radius 2 is 2.00 bits per heavy atom. The summed E-state index contributed by atoms with van der Waals surface area (Å²) in [5, 5.41) is 11.3. The molecule has 0 aromatic heterocycles. The number of carbonyl (C=O) groups excluding carboxylic acids is 1. The molecule has 0 saturated heterocycles. The van der Waals surface area contributed by atoms with Crippen LogP contribution in [0.3, 0.4) is 0 Å². The molecule has 0 bridgehead atoms. The maximum Gasteiger partial charge on any atom is 0.310 e. The molecule has 0 saturated carbocycles. The maximum atomic E-state index is 11.3. The molecule has 2 N–H and O–H groups in total. The summed E-state index contributed by atoms with van der Waals surface area (Å²) in [6.45, 7) is 5.11. The third kappa shape index (κ3) is 4.00. The van der Waals surface area contributed by atoms with Crippen LogP contribution < -0.4 is 5.32 Å². The second kappa shape index (κ2) is 5.24. The van der Waals surface area contributed by atoms with Gasteiger partial charge in [-0.3, -0.25) is 9.59 Å². The lowest BCUT2D eigenvalue weighted by molar-refractivity contribution is -0.146. The van der Waals surface area contributed by atoms with Gasteiger partial charge in [0.15, 0.2) is 0 Å². The van der Waals surface area contributed by atoms with E-state index in [0.717, 1.165) is 0 Å². The molecular formula is C9H17NO3S. The first-order valence-corrected chi connectivity index (χ1v) is 5.64. The monoisotopic (exact) mass is 219 g/mol. The minimum atomic E-state index is -0.909. The summed E-state index contributed by atoms with van der Waals surface area (Å²) < 4.78 is 0. The van der Waals surface area contributed by atoms with E-state index in [-0.39, 0.29) is 17.7 Å². The molecule has 1 unspecified atom stereocenters. The van der Waals surface area contributed by atoms with Gasteiger partial charge in [0.05, 0.1) is 10.7 Å². The van der Waals surface area contributed by atoms with E-state index in [9.17, 15) is 9.59 Å². The summed E-state index contributed by atoms with van der Waals surface area (Å²) in [6, 6.07) is 0. The van der Waals surface area contributed by atoms with Gasteiger partial charge in [0.25, 0.3) is 0 Å². The van der Waals surface area contributed by atoms with Crippen molar-refractivity contribution < 1.29 is 14.7 Å². The first-order valence-electron chi connectivity index (χ1n) is 4.35. The van der Waals surface area contributed by atoms with Gasteiger partial charge in [-0.05, 0) is 27.0 Å². The molecule has 0 rings (SSSR count). The summed E-state index contributed by atoms with van der Waals surface area (Å²) >= 11 is 1.43. The van der Waals surface area contributed by atoms with Crippen LogP contribution in [0.25, 0.3) is 0 Å². The van der Waals surface area contributed by atoms with Crippen LogP contribution in [0, 0.1) is 5.41 Å². The second-order valence-electron chi connectivity index (χ2n) is 3.78. The molecular weight excluding hydrogens is 202 g/mol. The lowest BCUT2D eigenvalue weighted by atomic mass is 9.94. The summed E-state index contributed by atoms with van der Waals surface area (Å²) in [7, 11) is 0. The van der Waals surface area contributed by atoms with E-state index in [1.165, 1.54) is 11.8 Å². The van der Waals surface area contributed by atoms with E-state index in [1.54, 1.807) is 20.8 Å². The fraction of sp³-hybridized carbons (Fsp3) is 0.778. The Hall–Kier alpha value is -0.710. The normalized spacial score (nSPS) is 13.4. The van der Waals surface area contributed by atoms with E-state index in [4.69, 9.17) is 5.11 Å². The number of rotatable bonds is 5. The highest BCUT2D eigenvalue weighted by Gasteiger charge is 2.28. The van der Waals surface area contributed by atoms with Gasteiger partial charge < -0.3 is 10.4 Å². The number of aliphatic carboxylic acids is 1. The van der Waals surface area contributed by atoms with E-state index < -0.39 is 11.4 Å². The average Bonchev–Trinajstić information content (AvgIpc) is 2.12. The van der Waals surface area contributed by atoms with Gasteiger partial charge in [0.1, 0.15) is 0 Å². The van der Waals surface area contributed by atoms with Crippen LogP contribution in [-0.4, -0.2) is 35.0 Å². The van der Waals surface area contributed by atoms with Crippen LogP contribution in [0.1, 0.15) is 20.8 Å². The van der Waals surface area contributed by atoms with Crippen LogP contribution >= 0.6 is 11.8 Å². The molecule has 0 spiro atoms. The molecule has 1 amide bonds. The number of carbonyl (C=O) groups is 2. The highest BCUT2D eigenvalue weighted by atomic mass is 32.2.